The fourth-order valence-corrected chi connectivity index (χ4v) is 2.47. The van der Waals surface area contributed by atoms with Gasteiger partial charge in [0.2, 0.25) is 0 Å². The van der Waals surface area contributed by atoms with E-state index in [1.165, 1.54) is 0 Å². The van der Waals surface area contributed by atoms with Crippen LogP contribution in [0.5, 0.6) is 0 Å². The highest BCUT2D eigenvalue weighted by Gasteiger charge is 2.19. The lowest BCUT2D eigenvalue weighted by atomic mass is 10.1. The molecule has 0 aliphatic heterocycles. The number of nitrogens with one attached hydrogen (secondary N) is 1. The van der Waals surface area contributed by atoms with Crippen molar-refractivity contribution in [1.82, 2.24) is 15.1 Å². The largest absolute Gasteiger partial charge is 0.459 e. The Morgan fingerprint density at radius 2 is 2.16 bits per heavy atom. The van der Waals surface area contributed by atoms with Crippen LogP contribution < -0.4 is 5.32 Å². The highest BCUT2D eigenvalue weighted by molar-refractivity contribution is 5.81. The first-order chi connectivity index (χ1) is 9.20. The molecule has 1 N–H and O–H groups in total. The average Bonchev–Trinajstić information content (AvgIpc) is 2.99. The van der Waals surface area contributed by atoms with Gasteiger partial charge in [0, 0.05) is 18.6 Å². The first-order valence-electron chi connectivity index (χ1n) is 6.35. The standard InChI is InChI=1S/C15H17N3O/c1-10-5-4-6-11-9-13(19-15(10)11)14(16-2)12-7-8-17-18(12)3/h4-9,14,16H,1-3H3. The van der Waals surface area contributed by atoms with Crippen molar-refractivity contribution in [1.29, 1.82) is 0 Å². The predicted octanol–water partition coefficient (Wildman–Crippen LogP) is 2.78. The normalized spacial score (nSPS) is 13.0. The van der Waals surface area contributed by atoms with Crippen molar-refractivity contribution >= 4 is 11.0 Å². The summed E-state index contributed by atoms with van der Waals surface area (Å²) >= 11 is 0. The summed E-state index contributed by atoms with van der Waals surface area (Å²) in [6, 6.07) is 10.3. The lowest BCUT2D eigenvalue weighted by Gasteiger charge is -2.13. The second-order valence-electron chi connectivity index (χ2n) is 4.74. The Bertz CT molecular complexity index is 711. The van der Waals surface area contributed by atoms with E-state index in [0.29, 0.717) is 0 Å². The summed E-state index contributed by atoms with van der Waals surface area (Å²) in [5.41, 5.74) is 3.20. The van der Waals surface area contributed by atoms with E-state index in [-0.39, 0.29) is 6.04 Å². The molecule has 0 spiro atoms. The number of fused-ring (bicyclic) bond motifs is 1. The molecule has 2 aromatic heterocycles. The summed E-state index contributed by atoms with van der Waals surface area (Å²) in [7, 11) is 3.87. The number of para-hydroxylation sites is 1. The zero-order valence-corrected chi connectivity index (χ0v) is 11.3. The van der Waals surface area contributed by atoms with Crippen LogP contribution in [0.4, 0.5) is 0 Å². The predicted molar refractivity (Wildman–Crippen MR) is 75.1 cm³/mol. The number of benzene rings is 1. The fraction of sp³-hybridized carbons (Fsp3) is 0.267. The van der Waals surface area contributed by atoms with E-state index in [4.69, 9.17) is 4.42 Å². The molecule has 3 rings (SSSR count). The summed E-state index contributed by atoms with van der Waals surface area (Å²) < 4.78 is 7.89. The van der Waals surface area contributed by atoms with Crippen molar-refractivity contribution in [2.24, 2.45) is 7.05 Å². The van der Waals surface area contributed by atoms with Crippen LogP contribution >= 0.6 is 0 Å². The first-order valence-corrected chi connectivity index (χ1v) is 6.35. The van der Waals surface area contributed by atoms with Crippen molar-refractivity contribution in [2.45, 2.75) is 13.0 Å². The average molecular weight is 255 g/mol. The maximum absolute atomic E-state index is 6.03. The van der Waals surface area contributed by atoms with Gasteiger partial charge in [-0.25, -0.2) is 0 Å². The van der Waals surface area contributed by atoms with Crippen LogP contribution in [-0.4, -0.2) is 16.8 Å². The first kappa shape index (κ1) is 12.0. The van der Waals surface area contributed by atoms with E-state index < -0.39 is 0 Å². The molecule has 0 aliphatic rings. The van der Waals surface area contributed by atoms with E-state index in [9.17, 15) is 0 Å². The minimum atomic E-state index is 0.0132. The molecular formula is C15H17N3O. The molecule has 2 heterocycles. The molecule has 0 radical (unpaired) electrons. The molecule has 3 aromatic rings. The van der Waals surface area contributed by atoms with Gasteiger partial charge in [0.15, 0.2) is 0 Å². The summed E-state index contributed by atoms with van der Waals surface area (Å²) in [5.74, 6) is 0.912. The second-order valence-corrected chi connectivity index (χ2v) is 4.74. The Kier molecular flexibility index (Phi) is 2.87. The Morgan fingerprint density at radius 1 is 1.32 bits per heavy atom. The number of furan rings is 1. The van der Waals surface area contributed by atoms with Gasteiger partial charge in [-0.3, -0.25) is 4.68 Å². The number of hydrogen-bond acceptors (Lipinski definition) is 3. The molecule has 4 heteroatoms. The summed E-state index contributed by atoms with van der Waals surface area (Å²) in [4.78, 5) is 0. The molecule has 0 bridgehead atoms. The van der Waals surface area contributed by atoms with Gasteiger partial charge in [0.05, 0.1) is 5.69 Å². The lowest BCUT2D eigenvalue weighted by molar-refractivity contribution is 0.472. The van der Waals surface area contributed by atoms with E-state index in [2.05, 4.69) is 41.6 Å². The topological polar surface area (TPSA) is 43.0 Å². The molecule has 4 nitrogen and oxygen atoms in total. The van der Waals surface area contributed by atoms with Gasteiger partial charge in [-0.15, -0.1) is 0 Å². The highest BCUT2D eigenvalue weighted by atomic mass is 16.3. The van der Waals surface area contributed by atoms with Crippen LogP contribution in [0.25, 0.3) is 11.0 Å². The SMILES string of the molecule is CNC(c1cc2cccc(C)c2o1)c1ccnn1C. The third-order valence-electron chi connectivity index (χ3n) is 3.49. The fourth-order valence-electron chi connectivity index (χ4n) is 2.47. The second kappa shape index (κ2) is 4.55. The van der Waals surface area contributed by atoms with Gasteiger partial charge < -0.3 is 9.73 Å². The summed E-state index contributed by atoms with van der Waals surface area (Å²) in [6.45, 7) is 2.06. The summed E-state index contributed by atoms with van der Waals surface area (Å²) in [6.07, 6.45) is 1.80. The Balaban J connectivity index is 2.12. The van der Waals surface area contributed by atoms with Gasteiger partial charge in [-0.05, 0) is 31.7 Å². The molecular weight excluding hydrogens is 238 g/mol. The lowest BCUT2D eigenvalue weighted by Crippen LogP contribution is -2.20. The molecule has 0 saturated heterocycles. The molecule has 0 fully saturated rings. The third kappa shape index (κ3) is 1.94. The van der Waals surface area contributed by atoms with Crippen LogP contribution in [0, 0.1) is 6.92 Å². The monoisotopic (exact) mass is 255 g/mol. The molecule has 0 amide bonds. The molecule has 0 aliphatic carbocycles. The minimum Gasteiger partial charge on any atom is -0.459 e. The quantitative estimate of drug-likeness (QED) is 0.782. The zero-order valence-electron chi connectivity index (χ0n) is 11.3. The van der Waals surface area contributed by atoms with Crippen LogP contribution in [0.2, 0.25) is 0 Å². The molecule has 1 atom stereocenters. The molecule has 1 unspecified atom stereocenters. The van der Waals surface area contributed by atoms with Crippen molar-refractivity contribution in [3.8, 4) is 0 Å². The van der Waals surface area contributed by atoms with E-state index in [0.717, 1.165) is 28.0 Å². The van der Waals surface area contributed by atoms with Crippen LogP contribution in [0.15, 0.2) is 40.9 Å². The van der Waals surface area contributed by atoms with E-state index in [1.807, 2.05) is 24.8 Å². The highest BCUT2D eigenvalue weighted by Crippen LogP contribution is 2.29. The molecule has 1 aromatic carbocycles. The van der Waals surface area contributed by atoms with Crippen LogP contribution in [0.1, 0.15) is 23.1 Å². The smallest absolute Gasteiger partial charge is 0.137 e. The minimum absolute atomic E-state index is 0.0132. The molecule has 0 saturated carbocycles. The van der Waals surface area contributed by atoms with Crippen molar-refractivity contribution in [2.75, 3.05) is 7.05 Å². The third-order valence-corrected chi connectivity index (χ3v) is 3.49. The van der Waals surface area contributed by atoms with E-state index >= 15 is 0 Å². The number of nitrogens with zero attached hydrogens (tertiary/aromatic N) is 2. The van der Waals surface area contributed by atoms with Gasteiger partial charge in [-0.2, -0.15) is 5.10 Å². The summed E-state index contributed by atoms with van der Waals surface area (Å²) in [5, 5.41) is 8.64. The van der Waals surface area contributed by atoms with Crippen molar-refractivity contribution < 1.29 is 4.42 Å². The molecule has 98 valence electrons. The zero-order chi connectivity index (χ0) is 13.4. The van der Waals surface area contributed by atoms with Crippen molar-refractivity contribution in [3.63, 3.8) is 0 Å². The number of aromatic nitrogens is 2. The Hall–Kier alpha value is -2.07. The Labute approximate surface area is 112 Å². The van der Waals surface area contributed by atoms with Crippen LogP contribution in [0.3, 0.4) is 0 Å². The molecule has 19 heavy (non-hydrogen) atoms. The van der Waals surface area contributed by atoms with Crippen molar-refractivity contribution in [3.05, 3.63) is 53.5 Å². The number of aryl methyl sites for hydroxylation is 2. The maximum Gasteiger partial charge on any atom is 0.137 e. The number of hydrogen-bond donors (Lipinski definition) is 1. The van der Waals surface area contributed by atoms with Gasteiger partial charge in [0.25, 0.3) is 0 Å². The maximum atomic E-state index is 6.03. The van der Waals surface area contributed by atoms with Gasteiger partial charge >= 0.3 is 0 Å². The van der Waals surface area contributed by atoms with Crippen LogP contribution in [-0.2, 0) is 7.05 Å². The van der Waals surface area contributed by atoms with Gasteiger partial charge in [-0.1, -0.05) is 18.2 Å². The number of rotatable bonds is 3. The van der Waals surface area contributed by atoms with E-state index in [1.54, 1.807) is 6.20 Å². The Morgan fingerprint density at radius 3 is 2.79 bits per heavy atom. The van der Waals surface area contributed by atoms with Gasteiger partial charge in [0.1, 0.15) is 17.4 Å².